The SMILES string of the molecule is Cc1ccc(Nc2cc(F)cc(C#N)c2)c(C(=O)O)n1. The summed E-state index contributed by atoms with van der Waals surface area (Å²) < 4.78 is 13.3. The van der Waals surface area contributed by atoms with Gasteiger partial charge in [0, 0.05) is 11.4 Å². The molecule has 1 aromatic heterocycles. The second-order valence-corrected chi connectivity index (χ2v) is 4.12. The smallest absolute Gasteiger partial charge is 0.356 e. The van der Waals surface area contributed by atoms with Crippen LogP contribution in [0.4, 0.5) is 15.8 Å². The highest BCUT2D eigenvalue weighted by molar-refractivity contribution is 5.93. The number of nitrogens with zero attached hydrogens (tertiary/aromatic N) is 2. The van der Waals surface area contributed by atoms with Crippen LogP contribution in [0.15, 0.2) is 30.3 Å². The summed E-state index contributed by atoms with van der Waals surface area (Å²) in [5.74, 6) is -1.77. The van der Waals surface area contributed by atoms with E-state index in [4.69, 9.17) is 10.4 Å². The monoisotopic (exact) mass is 271 g/mol. The first-order chi connectivity index (χ1) is 9.49. The van der Waals surface area contributed by atoms with Crippen molar-refractivity contribution in [1.82, 2.24) is 4.98 Å². The van der Waals surface area contributed by atoms with Crippen molar-refractivity contribution in [3.05, 3.63) is 53.1 Å². The third-order valence-corrected chi connectivity index (χ3v) is 2.54. The number of aromatic carboxylic acids is 1. The second kappa shape index (κ2) is 5.36. The lowest BCUT2D eigenvalue weighted by Gasteiger charge is -2.10. The van der Waals surface area contributed by atoms with Gasteiger partial charge in [0.1, 0.15) is 5.82 Å². The van der Waals surface area contributed by atoms with Crippen LogP contribution in [0.5, 0.6) is 0 Å². The van der Waals surface area contributed by atoms with Gasteiger partial charge in [-0.05, 0) is 37.3 Å². The number of carboxylic acid groups (broad SMARTS) is 1. The highest BCUT2D eigenvalue weighted by Crippen LogP contribution is 2.22. The van der Waals surface area contributed by atoms with Crippen molar-refractivity contribution in [3.63, 3.8) is 0 Å². The molecule has 20 heavy (non-hydrogen) atoms. The molecular formula is C14H10FN3O2. The van der Waals surface area contributed by atoms with Crippen LogP contribution in [0, 0.1) is 24.1 Å². The fourth-order valence-corrected chi connectivity index (χ4v) is 1.70. The maximum Gasteiger partial charge on any atom is 0.356 e. The van der Waals surface area contributed by atoms with Crippen LogP contribution in [0.1, 0.15) is 21.7 Å². The summed E-state index contributed by atoms with van der Waals surface area (Å²) in [5, 5.41) is 20.6. The number of rotatable bonds is 3. The van der Waals surface area contributed by atoms with Gasteiger partial charge in [0.15, 0.2) is 5.69 Å². The molecule has 100 valence electrons. The average Bonchev–Trinajstić information content (AvgIpc) is 2.40. The molecule has 5 nitrogen and oxygen atoms in total. The van der Waals surface area contributed by atoms with Crippen molar-refractivity contribution in [1.29, 1.82) is 5.26 Å². The maximum atomic E-state index is 13.3. The van der Waals surface area contributed by atoms with Crippen LogP contribution in [-0.2, 0) is 0 Å². The Morgan fingerprint density at radius 2 is 2.15 bits per heavy atom. The zero-order valence-corrected chi connectivity index (χ0v) is 10.5. The van der Waals surface area contributed by atoms with Gasteiger partial charge < -0.3 is 10.4 Å². The number of benzene rings is 1. The lowest BCUT2D eigenvalue weighted by Crippen LogP contribution is -2.06. The molecule has 0 spiro atoms. The summed E-state index contributed by atoms with van der Waals surface area (Å²) in [6.45, 7) is 1.67. The number of nitriles is 1. The molecule has 1 heterocycles. The van der Waals surface area contributed by atoms with Crippen molar-refractivity contribution >= 4 is 17.3 Å². The second-order valence-electron chi connectivity index (χ2n) is 4.12. The van der Waals surface area contributed by atoms with Gasteiger partial charge in [0.2, 0.25) is 0 Å². The van der Waals surface area contributed by atoms with Crippen molar-refractivity contribution in [2.24, 2.45) is 0 Å². The minimum Gasteiger partial charge on any atom is -0.476 e. The van der Waals surface area contributed by atoms with Crippen LogP contribution in [-0.4, -0.2) is 16.1 Å². The molecule has 0 amide bonds. The molecule has 6 heteroatoms. The number of hydrogen-bond acceptors (Lipinski definition) is 4. The first kappa shape index (κ1) is 13.5. The molecule has 0 unspecified atom stereocenters. The molecule has 2 aromatic rings. The van der Waals surface area contributed by atoms with E-state index in [1.165, 1.54) is 12.1 Å². The number of halogens is 1. The first-order valence-electron chi connectivity index (χ1n) is 5.68. The van der Waals surface area contributed by atoms with Crippen LogP contribution in [0.2, 0.25) is 0 Å². The number of aromatic nitrogens is 1. The number of aryl methyl sites for hydroxylation is 1. The molecular weight excluding hydrogens is 261 g/mol. The predicted molar refractivity (Wildman–Crippen MR) is 70.3 cm³/mol. The van der Waals surface area contributed by atoms with Gasteiger partial charge in [0.25, 0.3) is 0 Å². The summed E-state index contributed by atoms with van der Waals surface area (Å²) in [7, 11) is 0. The standard InChI is InChI=1S/C14H10FN3O2/c1-8-2-3-12(13(17-8)14(19)20)18-11-5-9(7-16)4-10(15)6-11/h2-6,18H,1H3,(H,19,20). The van der Waals surface area contributed by atoms with Crippen molar-refractivity contribution in [3.8, 4) is 6.07 Å². The number of hydrogen-bond donors (Lipinski definition) is 2. The quantitative estimate of drug-likeness (QED) is 0.896. The number of anilines is 2. The first-order valence-corrected chi connectivity index (χ1v) is 5.68. The summed E-state index contributed by atoms with van der Waals surface area (Å²) in [5.41, 5.74) is 1.06. The van der Waals surface area contributed by atoms with Gasteiger partial charge in [-0.15, -0.1) is 0 Å². The normalized spacial score (nSPS) is 9.85. The summed E-state index contributed by atoms with van der Waals surface area (Å²) in [6, 6.07) is 8.70. The minimum atomic E-state index is -1.19. The van der Waals surface area contributed by atoms with Gasteiger partial charge in [-0.2, -0.15) is 5.26 Å². The van der Waals surface area contributed by atoms with Gasteiger partial charge in [0.05, 0.1) is 17.3 Å². The van der Waals surface area contributed by atoms with E-state index < -0.39 is 11.8 Å². The summed E-state index contributed by atoms with van der Waals surface area (Å²) in [6.07, 6.45) is 0. The molecule has 0 atom stereocenters. The zero-order valence-electron chi connectivity index (χ0n) is 10.5. The number of nitrogens with one attached hydrogen (secondary N) is 1. The fourth-order valence-electron chi connectivity index (χ4n) is 1.70. The lowest BCUT2D eigenvalue weighted by molar-refractivity contribution is 0.0691. The van der Waals surface area contributed by atoms with Gasteiger partial charge >= 0.3 is 5.97 Å². The molecule has 0 fully saturated rings. The largest absolute Gasteiger partial charge is 0.476 e. The van der Waals surface area contributed by atoms with E-state index in [1.807, 2.05) is 6.07 Å². The fraction of sp³-hybridized carbons (Fsp3) is 0.0714. The van der Waals surface area contributed by atoms with Crippen LogP contribution in [0.25, 0.3) is 0 Å². The van der Waals surface area contributed by atoms with E-state index in [0.717, 1.165) is 6.07 Å². The Morgan fingerprint density at radius 1 is 1.40 bits per heavy atom. The van der Waals surface area contributed by atoms with Gasteiger partial charge in [-0.25, -0.2) is 14.2 Å². The molecule has 2 rings (SSSR count). The van der Waals surface area contributed by atoms with E-state index in [0.29, 0.717) is 5.69 Å². The highest BCUT2D eigenvalue weighted by Gasteiger charge is 2.13. The molecule has 0 aliphatic rings. The van der Waals surface area contributed by atoms with Crippen molar-refractivity contribution < 1.29 is 14.3 Å². The van der Waals surface area contributed by atoms with Crippen LogP contribution in [0.3, 0.4) is 0 Å². The molecule has 1 aromatic carbocycles. The van der Waals surface area contributed by atoms with E-state index in [1.54, 1.807) is 19.1 Å². The van der Waals surface area contributed by atoms with E-state index in [2.05, 4.69) is 10.3 Å². The topological polar surface area (TPSA) is 86.0 Å². The third kappa shape index (κ3) is 2.90. The zero-order chi connectivity index (χ0) is 14.7. The Morgan fingerprint density at radius 3 is 2.80 bits per heavy atom. The Kier molecular flexibility index (Phi) is 3.62. The molecule has 0 saturated heterocycles. The Labute approximate surface area is 114 Å². The van der Waals surface area contributed by atoms with E-state index >= 15 is 0 Å². The van der Waals surface area contributed by atoms with Crippen LogP contribution >= 0.6 is 0 Å². The predicted octanol–water partition coefficient (Wildman–Crippen LogP) is 2.84. The van der Waals surface area contributed by atoms with Gasteiger partial charge in [-0.1, -0.05) is 0 Å². The number of carbonyl (C=O) groups is 1. The van der Waals surface area contributed by atoms with Crippen LogP contribution < -0.4 is 5.32 Å². The van der Waals surface area contributed by atoms with Crippen molar-refractivity contribution in [2.75, 3.05) is 5.32 Å². The molecule has 0 radical (unpaired) electrons. The molecule has 0 aliphatic carbocycles. The minimum absolute atomic E-state index is 0.143. The number of pyridine rings is 1. The van der Waals surface area contributed by atoms with Crippen molar-refractivity contribution in [2.45, 2.75) is 6.92 Å². The maximum absolute atomic E-state index is 13.3. The summed E-state index contributed by atoms with van der Waals surface area (Å²) >= 11 is 0. The van der Waals surface area contributed by atoms with Gasteiger partial charge in [-0.3, -0.25) is 0 Å². The highest BCUT2D eigenvalue weighted by atomic mass is 19.1. The third-order valence-electron chi connectivity index (χ3n) is 2.54. The molecule has 0 bridgehead atoms. The summed E-state index contributed by atoms with van der Waals surface area (Å²) in [4.78, 5) is 15.0. The Balaban J connectivity index is 2.42. The van der Waals surface area contributed by atoms with E-state index in [-0.39, 0.29) is 22.6 Å². The van der Waals surface area contributed by atoms with E-state index in [9.17, 15) is 9.18 Å². The Bertz CT molecular complexity index is 723. The Hall–Kier alpha value is -2.94. The molecule has 0 saturated carbocycles. The molecule has 2 N–H and O–H groups in total. The lowest BCUT2D eigenvalue weighted by atomic mass is 10.2. The molecule has 0 aliphatic heterocycles. The average molecular weight is 271 g/mol. The number of carboxylic acids is 1.